The van der Waals surface area contributed by atoms with Gasteiger partial charge in [0.1, 0.15) is 11.4 Å². The lowest BCUT2D eigenvalue weighted by atomic mass is 10.1. The summed E-state index contributed by atoms with van der Waals surface area (Å²) < 4.78 is 10.5. The topological polar surface area (TPSA) is 159 Å². The quantitative estimate of drug-likeness (QED) is 0.296. The minimum absolute atomic E-state index is 0.0157. The van der Waals surface area contributed by atoms with Gasteiger partial charge in [0.05, 0.1) is 39.8 Å². The van der Waals surface area contributed by atoms with E-state index in [9.17, 15) is 25.0 Å². The Kier molecular flexibility index (Phi) is 8.10. The second kappa shape index (κ2) is 10.5. The minimum atomic E-state index is -0.796. The summed E-state index contributed by atoms with van der Waals surface area (Å²) in [7, 11) is 3.02. The number of non-ortho nitro benzene ring substituents is 1. The number of anilines is 1. The van der Waals surface area contributed by atoms with Crippen LogP contribution in [0.5, 0.6) is 5.75 Å². The first-order chi connectivity index (χ1) is 14.7. The summed E-state index contributed by atoms with van der Waals surface area (Å²) in [4.78, 5) is 32.4. The van der Waals surface area contributed by atoms with Crippen molar-refractivity contribution in [2.75, 3.05) is 26.1 Å². The third-order valence-electron chi connectivity index (χ3n) is 3.98. The molecule has 0 heterocycles. The molecule has 0 saturated carbocycles. The molecule has 0 fully saturated rings. The van der Waals surface area contributed by atoms with Crippen molar-refractivity contribution >= 4 is 50.3 Å². The van der Waals surface area contributed by atoms with Crippen LogP contribution >= 0.6 is 15.9 Å². The lowest BCUT2D eigenvalue weighted by Crippen LogP contribution is -2.07. The van der Waals surface area contributed by atoms with E-state index in [4.69, 9.17) is 9.47 Å². The average molecular weight is 496 g/mol. The molecule has 0 aliphatic carbocycles. The Bertz CT molecular complexity index is 1060. The van der Waals surface area contributed by atoms with E-state index in [0.29, 0.717) is 24.5 Å². The van der Waals surface area contributed by atoms with E-state index in [2.05, 4.69) is 31.5 Å². The maximum atomic E-state index is 11.6. The molecule has 0 unspecified atom stereocenters. The van der Waals surface area contributed by atoms with Gasteiger partial charge in [-0.15, -0.1) is 10.2 Å². The standard InChI is InChI=1S/C18H18BrN5O7/c1-10(25)20-14-6-11(4-5-30-2)17(31-3)9-15(14)21-22-18-13(19)7-12(23(26)27)8-16(18)24(28)29/h6-9H,4-5H2,1-3H3,(H,20,25). The predicted octanol–water partition coefficient (Wildman–Crippen LogP) is 4.84. The molecule has 2 rings (SSSR count). The fourth-order valence-electron chi connectivity index (χ4n) is 2.60. The van der Waals surface area contributed by atoms with Crippen molar-refractivity contribution in [1.82, 2.24) is 0 Å². The lowest BCUT2D eigenvalue weighted by molar-refractivity contribution is -0.393. The van der Waals surface area contributed by atoms with Crippen LogP contribution in [0.1, 0.15) is 12.5 Å². The van der Waals surface area contributed by atoms with Crippen LogP contribution in [-0.4, -0.2) is 36.6 Å². The molecule has 0 bridgehead atoms. The largest absolute Gasteiger partial charge is 0.496 e. The molecule has 164 valence electrons. The number of nitro groups is 2. The zero-order chi connectivity index (χ0) is 23.1. The predicted molar refractivity (Wildman–Crippen MR) is 115 cm³/mol. The van der Waals surface area contributed by atoms with Gasteiger partial charge in [-0.25, -0.2) is 0 Å². The molecule has 13 heteroatoms. The normalized spacial score (nSPS) is 10.8. The fraction of sp³-hybridized carbons (Fsp3) is 0.278. The van der Waals surface area contributed by atoms with Crippen LogP contribution in [0.15, 0.2) is 39.0 Å². The Hall–Kier alpha value is -3.45. The van der Waals surface area contributed by atoms with Gasteiger partial charge in [0, 0.05) is 26.2 Å². The third-order valence-corrected chi connectivity index (χ3v) is 4.58. The van der Waals surface area contributed by atoms with Crippen LogP contribution < -0.4 is 10.1 Å². The maximum absolute atomic E-state index is 11.6. The highest BCUT2D eigenvalue weighted by atomic mass is 79.9. The van der Waals surface area contributed by atoms with Gasteiger partial charge >= 0.3 is 5.69 Å². The summed E-state index contributed by atoms with van der Waals surface area (Å²) in [6.07, 6.45) is 0.503. The number of ether oxygens (including phenoxy) is 2. The number of hydrogen-bond acceptors (Lipinski definition) is 9. The number of azo groups is 1. The van der Waals surface area contributed by atoms with Crippen LogP contribution in [0.2, 0.25) is 0 Å². The third kappa shape index (κ3) is 6.02. The van der Waals surface area contributed by atoms with Crippen LogP contribution in [0.4, 0.5) is 28.4 Å². The molecule has 2 aromatic rings. The van der Waals surface area contributed by atoms with Crippen molar-refractivity contribution in [3.63, 3.8) is 0 Å². The Labute approximate surface area is 184 Å². The summed E-state index contributed by atoms with van der Waals surface area (Å²) in [5.74, 6) is 0.0965. The van der Waals surface area contributed by atoms with Crippen molar-refractivity contribution in [2.24, 2.45) is 10.2 Å². The van der Waals surface area contributed by atoms with E-state index in [1.807, 2.05) is 0 Å². The van der Waals surface area contributed by atoms with Gasteiger partial charge in [-0.3, -0.25) is 25.0 Å². The number of amides is 1. The highest BCUT2D eigenvalue weighted by molar-refractivity contribution is 9.10. The van der Waals surface area contributed by atoms with E-state index in [-0.39, 0.29) is 21.8 Å². The number of nitrogens with zero attached hydrogens (tertiary/aromatic N) is 4. The number of benzene rings is 2. The van der Waals surface area contributed by atoms with Crippen molar-refractivity contribution in [3.05, 3.63) is 54.5 Å². The summed E-state index contributed by atoms with van der Waals surface area (Å²) in [6.45, 7) is 1.73. The van der Waals surface area contributed by atoms with E-state index >= 15 is 0 Å². The molecular weight excluding hydrogens is 478 g/mol. The summed E-state index contributed by atoms with van der Waals surface area (Å²) in [5, 5.41) is 33.0. The number of rotatable bonds is 9. The summed E-state index contributed by atoms with van der Waals surface area (Å²) in [6, 6.07) is 5.05. The van der Waals surface area contributed by atoms with Crippen molar-refractivity contribution in [3.8, 4) is 5.75 Å². The van der Waals surface area contributed by atoms with Crippen molar-refractivity contribution in [1.29, 1.82) is 0 Å². The Morgan fingerprint density at radius 1 is 1.13 bits per heavy atom. The minimum Gasteiger partial charge on any atom is -0.496 e. The average Bonchev–Trinajstić information content (AvgIpc) is 2.70. The SMILES string of the molecule is COCCc1cc(NC(C)=O)c(N=Nc2c(Br)cc([N+](=O)[O-])cc2[N+](=O)[O-])cc1OC. The number of hydrogen-bond donors (Lipinski definition) is 1. The molecule has 0 atom stereocenters. The molecule has 31 heavy (non-hydrogen) atoms. The second-order valence-electron chi connectivity index (χ2n) is 6.11. The van der Waals surface area contributed by atoms with E-state index in [1.54, 1.807) is 13.2 Å². The molecule has 0 aliphatic rings. The number of methoxy groups -OCH3 is 2. The van der Waals surface area contributed by atoms with E-state index < -0.39 is 21.2 Å². The maximum Gasteiger partial charge on any atom is 0.304 e. The Morgan fingerprint density at radius 3 is 2.39 bits per heavy atom. The molecule has 0 saturated heterocycles. The lowest BCUT2D eigenvalue weighted by Gasteiger charge is -2.13. The van der Waals surface area contributed by atoms with Gasteiger partial charge in [0.25, 0.3) is 5.69 Å². The van der Waals surface area contributed by atoms with Crippen LogP contribution in [-0.2, 0) is 16.0 Å². The molecule has 0 aliphatic heterocycles. The van der Waals surface area contributed by atoms with Crippen molar-refractivity contribution in [2.45, 2.75) is 13.3 Å². The molecule has 0 aromatic heterocycles. The van der Waals surface area contributed by atoms with Gasteiger partial charge < -0.3 is 14.8 Å². The van der Waals surface area contributed by atoms with Gasteiger partial charge in [0.2, 0.25) is 5.91 Å². The van der Waals surface area contributed by atoms with Gasteiger partial charge in [-0.1, -0.05) is 0 Å². The highest BCUT2D eigenvalue weighted by Crippen LogP contribution is 2.41. The monoisotopic (exact) mass is 495 g/mol. The molecule has 1 N–H and O–H groups in total. The smallest absolute Gasteiger partial charge is 0.304 e. The Morgan fingerprint density at radius 2 is 1.84 bits per heavy atom. The van der Waals surface area contributed by atoms with E-state index in [0.717, 1.165) is 17.7 Å². The van der Waals surface area contributed by atoms with Crippen LogP contribution in [0.25, 0.3) is 0 Å². The van der Waals surface area contributed by atoms with Gasteiger partial charge in [-0.2, -0.15) is 0 Å². The number of carbonyl (C=O) groups is 1. The van der Waals surface area contributed by atoms with Gasteiger partial charge in [0.15, 0.2) is 5.69 Å². The molecule has 12 nitrogen and oxygen atoms in total. The van der Waals surface area contributed by atoms with Crippen molar-refractivity contribution < 1.29 is 24.1 Å². The second-order valence-corrected chi connectivity index (χ2v) is 6.97. The molecule has 1 amide bonds. The number of halogens is 1. The van der Waals surface area contributed by atoms with E-state index in [1.165, 1.54) is 20.1 Å². The zero-order valence-corrected chi connectivity index (χ0v) is 18.3. The first-order valence-electron chi connectivity index (χ1n) is 8.69. The number of nitro benzene ring substituents is 2. The molecule has 0 radical (unpaired) electrons. The first kappa shape index (κ1) is 23.8. The molecule has 2 aromatic carbocycles. The Balaban J connectivity index is 2.60. The first-order valence-corrected chi connectivity index (χ1v) is 9.48. The van der Waals surface area contributed by atoms with Gasteiger partial charge in [-0.05, 0) is 34.0 Å². The number of nitrogens with one attached hydrogen (secondary N) is 1. The summed E-state index contributed by atoms with van der Waals surface area (Å²) >= 11 is 3.06. The molecular formula is C18H18BrN5O7. The fourth-order valence-corrected chi connectivity index (χ4v) is 3.12. The number of carbonyl (C=O) groups excluding carboxylic acids is 1. The zero-order valence-electron chi connectivity index (χ0n) is 16.7. The summed E-state index contributed by atoms with van der Waals surface area (Å²) in [5.41, 5.74) is -0.0619. The van der Waals surface area contributed by atoms with Crippen LogP contribution in [0, 0.1) is 20.2 Å². The highest BCUT2D eigenvalue weighted by Gasteiger charge is 2.23. The van der Waals surface area contributed by atoms with Crippen LogP contribution in [0.3, 0.4) is 0 Å². The molecule has 0 spiro atoms.